The molecule has 1 amide bonds. The van der Waals surface area contributed by atoms with Crippen molar-refractivity contribution >= 4 is 11.6 Å². The number of amides is 1. The van der Waals surface area contributed by atoms with Crippen molar-refractivity contribution in [2.75, 3.05) is 11.4 Å². The van der Waals surface area contributed by atoms with Gasteiger partial charge in [-0.05, 0) is 55.3 Å². The van der Waals surface area contributed by atoms with E-state index in [4.69, 9.17) is 0 Å². The fourth-order valence-corrected chi connectivity index (χ4v) is 2.96. The maximum atomic E-state index is 13.1. The number of benzene rings is 2. The Morgan fingerprint density at radius 3 is 2.48 bits per heavy atom. The predicted octanol–water partition coefficient (Wildman–Crippen LogP) is 4.01. The number of pyridine rings is 1. The fraction of sp³-hybridized carbons (Fsp3) is 0.182. The Morgan fingerprint density at radius 2 is 1.81 bits per heavy atom. The first kappa shape index (κ1) is 18.6. The van der Waals surface area contributed by atoms with E-state index < -0.39 is 0 Å². The molecule has 0 saturated carbocycles. The van der Waals surface area contributed by atoms with Crippen LogP contribution in [0.2, 0.25) is 0 Å². The van der Waals surface area contributed by atoms with Crippen molar-refractivity contribution in [3.05, 3.63) is 99.7 Å². The summed E-state index contributed by atoms with van der Waals surface area (Å²) in [5, 5.41) is 0. The van der Waals surface area contributed by atoms with Gasteiger partial charge in [0.2, 0.25) is 0 Å². The van der Waals surface area contributed by atoms with Gasteiger partial charge >= 0.3 is 0 Å². The summed E-state index contributed by atoms with van der Waals surface area (Å²) >= 11 is 0. The number of nitrogens with zero attached hydrogens (tertiary/aromatic N) is 2. The van der Waals surface area contributed by atoms with Crippen LogP contribution in [0.15, 0.2) is 71.7 Å². The summed E-state index contributed by atoms with van der Waals surface area (Å²) in [6.07, 6.45) is 1.56. The van der Waals surface area contributed by atoms with Crippen LogP contribution >= 0.6 is 0 Å². The Hall–Kier alpha value is -3.21. The zero-order chi connectivity index (χ0) is 19.4. The van der Waals surface area contributed by atoms with Crippen LogP contribution in [0.3, 0.4) is 0 Å². The van der Waals surface area contributed by atoms with Crippen molar-refractivity contribution in [2.24, 2.45) is 0 Å². The van der Waals surface area contributed by atoms with Gasteiger partial charge in [0, 0.05) is 24.5 Å². The van der Waals surface area contributed by atoms with E-state index in [1.807, 2.05) is 38.1 Å². The highest BCUT2D eigenvalue weighted by Gasteiger charge is 2.17. The first-order chi connectivity index (χ1) is 13.0. The lowest BCUT2D eigenvalue weighted by molar-refractivity contribution is 0.0987. The van der Waals surface area contributed by atoms with Gasteiger partial charge in [0.05, 0.1) is 12.1 Å². The van der Waals surface area contributed by atoms with Crippen LogP contribution in [0.1, 0.15) is 28.4 Å². The third-order valence-electron chi connectivity index (χ3n) is 4.37. The molecule has 2 aromatic carbocycles. The smallest absolute Gasteiger partial charge is 0.259 e. The maximum Gasteiger partial charge on any atom is 0.259 e. The monoisotopic (exact) mass is 364 g/mol. The standard InChI is InChI=1S/C22H21FN2O2/c1-3-25(20-6-4-5-16(2)13-20)22(27)18-9-12-21(26)24(15-18)14-17-7-10-19(23)11-8-17/h4-13,15H,3,14H2,1-2H3. The summed E-state index contributed by atoms with van der Waals surface area (Å²) in [6.45, 7) is 4.68. The van der Waals surface area contributed by atoms with E-state index in [2.05, 4.69) is 0 Å². The number of rotatable bonds is 5. The van der Waals surface area contributed by atoms with Crippen LogP contribution in [-0.4, -0.2) is 17.0 Å². The van der Waals surface area contributed by atoms with Crippen molar-refractivity contribution in [1.82, 2.24) is 4.57 Å². The fourth-order valence-electron chi connectivity index (χ4n) is 2.96. The molecule has 0 radical (unpaired) electrons. The number of carbonyl (C=O) groups is 1. The van der Waals surface area contributed by atoms with Gasteiger partial charge in [-0.3, -0.25) is 9.59 Å². The summed E-state index contributed by atoms with van der Waals surface area (Å²) in [4.78, 5) is 26.9. The lowest BCUT2D eigenvalue weighted by Gasteiger charge is -2.22. The molecular weight excluding hydrogens is 343 g/mol. The number of anilines is 1. The van der Waals surface area contributed by atoms with Crippen molar-refractivity contribution in [2.45, 2.75) is 20.4 Å². The molecule has 4 nitrogen and oxygen atoms in total. The molecule has 27 heavy (non-hydrogen) atoms. The van der Waals surface area contributed by atoms with Gasteiger partial charge in [-0.2, -0.15) is 0 Å². The topological polar surface area (TPSA) is 42.3 Å². The molecular formula is C22H21FN2O2. The highest BCUT2D eigenvalue weighted by Crippen LogP contribution is 2.18. The molecule has 0 aliphatic carbocycles. The summed E-state index contributed by atoms with van der Waals surface area (Å²) in [5.74, 6) is -0.497. The lowest BCUT2D eigenvalue weighted by Crippen LogP contribution is -2.32. The molecule has 0 N–H and O–H groups in total. The number of halogens is 1. The van der Waals surface area contributed by atoms with Crippen molar-refractivity contribution in [1.29, 1.82) is 0 Å². The highest BCUT2D eigenvalue weighted by atomic mass is 19.1. The Kier molecular flexibility index (Phi) is 5.50. The van der Waals surface area contributed by atoms with Crippen LogP contribution in [0.4, 0.5) is 10.1 Å². The molecule has 0 aliphatic heterocycles. The minimum atomic E-state index is -0.327. The van der Waals surface area contributed by atoms with Gasteiger partial charge in [-0.1, -0.05) is 24.3 Å². The third-order valence-corrected chi connectivity index (χ3v) is 4.37. The third kappa shape index (κ3) is 4.31. The number of aromatic nitrogens is 1. The van der Waals surface area contributed by atoms with E-state index in [1.54, 1.807) is 29.3 Å². The molecule has 0 atom stereocenters. The van der Waals surface area contributed by atoms with Crippen LogP contribution in [0, 0.1) is 12.7 Å². The zero-order valence-electron chi connectivity index (χ0n) is 15.4. The van der Waals surface area contributed by atoms with Crippen LogP contribution in [0.25, 0.3) is 0 Å². The second kappa shape index (κ2) is 7.99. The molecule has 3 aromatic rings. The molecule has 0 spiro atoms. The van der Waals surface area contributed by atoms with E-state index in [-0.39, 0.29) is 23.8 Å². The highest BCUT2D eigenvalue weighted by molar-refractivity contribution is 6.05. The van der Waals surface area contributed by atoms with Gasteiger partial charge in [0.15, 0.2) is 0 Å². The number of carbonyl (C=O) groups excluding carboxylic acids is 1. The van der Waals surface area contributed by atoms with Crippen LogP contribution in [0.5, 0.6) is 0 Å². The Labute approximate surface area is 157 Å². The molecule has 138 valence electrons. The Morgan fingerprint density at radius 1 is 1.07 bits per heavy atom. The van der Waals surface area contributed by atoms with Gasteiger partial charge in [0.25, 0.3) is 11.5 Å². The molecule has 0 aliphatic rings. The quantitative estimate of drug-likeness (QED) is 0.686. The van der Waals surface area contributed by atoms with E-state index in [0.717, 1.165) is 16.8 Å². The maximum absolute atomic E-state index is 13.1. The van der Waals surface area contributed by atoms with Crippen molar-refractivity contribution < 1.29 is 9.18 Å². The average Bonchev–Trinajstić information content (AvgIpc) is 2.66. The second-order valence-electron chi connectivity index (χ2n) is 6.40. The van der Waals surface area contributed by atoms with E-state index in [9.17, 15) is 14.0 Å². The molecule has 0 bridgehead atoms. The molecule has 0 fully saturated rings. The molecule has 0 saturated heterocycles. The summed E-state index contributed by atoms with van der Waals surface area (Å²) in [5.41, 5.74) is 2.89. The number of hydrogen-bond donors (Lipinski definition) is 0. The Balaban J connectivity index is 1.90. The van der Waals surface area contributed by atoms with Crippen molar-refractivity contribution in [3.63, 3.8) is 0 Å². The number of hydrogen-bond acceptors (Lipinski definition) is 2. The lowest BCUT2D eigenvalue weighted by atomic mass is 10.1. The Bertz CT molecular complexity index is 1010. The van der Waals surface area contributed by atoms with E-state index >= 15 is 0 Å². The molecule has 3 rings (SSSR count). The summed E-state index contributed by atoms with van der Waals surface area (Å²) < 4.78 is 14.5. The van der Waals surface area contributed by atoms with Gasteiger partial charge in [0.1, 0.15) is 5.82 Å². The van der Waals surface area contributed by atoms with E-state index in [1.165, 1.54) is 22.8 Å². The van der Waals surface area contributed by atoms with E-state index in [0.29, 0.717) is 12.1 Å². The van der Waals surface area contributed by atoms with Crippen LogP contribution < -0.4 is 10.5 Å². The first-order valence-corrected chi connectivity index (χ1v) is 8.81. The largest absolute Gasteiger partial charge is 0.310 e. The van der Waals surface area contributed by atoms with Crippen LogP contribution in [-0.2, 0) is 6.54 Å². The normalized spacial score (nSPS) is 10.6. The minimum absolute atomic E-state index is 0.170. The second-order valence-corrected chi connectivity index (χ2v) is 6.40. The predicted molar refractivity (Wildman–Crippen MR) is 105 cm³/mol. The summed E-state index contributed by atoms with van der Waals surface area (Å²) in [6, 6.07) is 16.6. The first-order valence-electron chi connectivity index (χ1n) is 8.81. The summed E-state index contributed by atoms with van der Waals surface area (Å²) in [7, 11) is 0. The SMILES string of the molecule is CCN(C(=O)c1ccc(=O)n(Cc2ccc(F)cc2)c1)c1cccc(C)c1. The number of aryl methyl sites for hydroxylation is 1. The van der Waals surface area contributed by atoms with Gasteiger partial charge in [-0.15, -0.1) is 0 Å². The molecule has 0 unspecified atom stereocenters. The van der Waals surface area contributed by atoms with Gasteiger partial charge < -0.3 is 9.47 Å². The molecule has 5 heteroatoms. The minimum Gasteiger partial charge on any atom is -0.310 e. The average molecular weight is 364 g/mol. The zero-order valence-corrected chi connectivity index (χ0v) is 15.4. The molecule has 1 aromatic heterocycles. The van der Waals surface area contributed by atoms with Gasteiger partial charge in [-0.25, -0.2) is 4.39 Å². The molecule has 1 heterocycles. The van der Waals surface area contributed by atoms with Crippen molar-refractivity contribution in [3.8, 4) is 0 Å².